The molecule has 150 valence electrons. The molecule has 1 amide bonds. The number of nitrogens with one attached hydrogen (secondary N) is 1. The van der Waals surface area contributed by atoms with E-state index in [1.165, 1.54) is 31.2 Å². The van der Waals surface area contributed by atoms with Gasteiger partial charge in [-0.2, -0.15) is 9.78 Å². The molecule has 3 rings (SSSR count). The lowest BCUT2D eigenvalue weighted by atomic mass is 10.2. The van der Waals surface area contributed by atoms with Gasteiger partial charge in [-0.15, -0.1) is 0 Å². The molecule has 0 aliphatic rings. The van der Waals surface area contributed by atoms with E-state index in [0.29, 0.717) is 0 Å². The topological polar surface area (TPSA) is 118 Å². The van der Waals surface area contributed by atoms with Crippen LogP contribution in [0.5, 0.6) is 5.75 Å². The van der Waals surface area contributed by atoms with Crippen molar-refractivity contribution in [3.63, 3.8) is 0 Å². The predicted molar refractivity (Wildman–Crippen MR) is 104 cm³/mol. The van der Waals surface area contributed by atoms with Crippen molar-refractivity contribution in [3.8, 4) is 11.4 Å². The van der Waals surface area contributed by atoms with Crippen LogP contribution in [-0.2, 0) is 9.84 Å². The Bertz CT molecular complexity index is 1240. The second-order valence-corrected chi connectivity index (χ2v) is 8.26. The third-order valence-electron chi connectivity index (χ3n) is 4.06. The Labute approximate surface area is 165 Å². The molecular weight excluding hydrogens is 401 g/mol. The predicted octanol–water partition coefficient (Wildman–Crippen LogP) is 2.12. The van der Waals surface area contributed by atoms with E-state index in [2.05, 4.69) is 10.4 Å². The van der Waals surface area contributed by atoms with Crippen molar-refractivity contribution < 1.29 is 22.7 Å². The fraction of sp³-hybridized carbons (Fsp3) is 0.105. The minimum absolute atomic E-state index is 0.0580. The van der Waals surface area contributed by atoms with E-state index in [9.17, 15) is 27.5 Å². The van der Waals surface area contributed by atoms with Crippen LogP contribution in [0.2, 0.25) is 0 Å². The van der Waals surface area contributed by atoms with Crippen molar-refractivity contribution in [1.82, 2.24) is 9.78 Å². The number of anilines is 1. The van der Waals surface area contributed by atoms with E-state index in [1.807, 2.05) is 0 Å². The fourth-order valence-corrected chi connectivity index (χ4v) is 3.37. The maximum Gasteiger partial charge on any atom is 0.276 e. The minimum Gasteiger partial charge on any atom is -0.506 e. The van der Waals surface area contributed by atoms with Gasteiger partial charge in [0.05, 0.1) is 22.0 Å². The molecule has 2 N–H and O–H groups in total. The van der Waals surface area contributed by atoms with E-state index in [-0.39, 0.29) is 33.5 Å². The molecule has 0 radical (unpaired) electrons. The average molecular weight is 417 g/mol. The SMILES string of the molecule is CCS(=O)(=O)c1ccc(O)c(NC(=O)c2ccc(=O)n(-c3ccc(F)cc3)n2)c1. The summed E-state index contributed by atoms with van der Waals surface area (Å²) < 4.78 is 38.0. The van der Waals surface area contributed by atoms with E-state index >= 15 is 0 Å². The van der Waals surface area contributed by atoms with Crippen LogP contribution in [0.4, 0.5) is 10.1 Å². The summed E-state index contributed by atoms with van der Waals surface area (Å²) >= 11 is 0. The van der Waals surface area contributed by atoms with Gasteiger partial charge in [-0.3, -0.25) is 9.59 Å². The monoisotopic (exact) mass is 417 g/mol. The highest BCUT2D eigenvalue weighted by molar-refractivity contribution is 7.91. The van der Waals surface area contributed by atoms with Gasteiger partial charge in [-0.1, -0.05) is 6.92 Å². The zero-order valence-electron chi connectivity index (χ0n) is 15.2. The normalized spacial score (nSPS) is 11.2. The molecule has 0 unspecified atom stereocenters. The van der Waals surface area contributed by atoms with E-state index < -0.39 is 27.1 Å². The lowest BCUT2D eigenvalue weighted by molar-refractivity contribution is 0.102. The summed E-state index contributed by atoms with van der Waals surface area (Å²) in [7, 11) is -3.54. The molecule has 0 aliphatic carbocycles. The zero-order chi connectivity index (χ0) is 21.2. The number of carbonyl (C=O) groups excluding carboxylic acids is 1. The lowest BCUT2D eigenvalue weighted by Gasteiger charge is -2.10. The van der Waals surface area contributed by atoms with Crippen LogP contribution >= 0.6 is 0 Å². The number of nitrogens with zero attached hydrogens (tertiary/aromatic N) is 2. The molecule has 8 nitrogen and oxygen atoms in total. The number of carbonyl (C=O) groups is 1. The molecule has 3 aromatic rings. The van der Waals surface area contributed by atoms with Crippen molar-refractivity contribution in [2.75, 3.05) is 11.1 Å². The summed E-state index contributed by atoms with van der Waals surface area (Å²) in [6.45, 7) is 1.48. The first-order chi connectivity index (χ1) is 13.7. The van der Waals surface area contributed by atoms with Crippen molar-refractivity contribution in [3.05, 3.63) is 76.5 Å². The number of phenolic OH excluding ortho intramolecular Hbond substituents is 1. The van der Waals surface area contributed by atoms with E-state index in [4.69, 9.17) is 0 Å². The number of amides is 1. The number of benzene rings is 2. The van der Waals surface area contributed by atoms with E-state index in [0.717, 1.165) is 35.0 Å². The first-order valence-corrected chi connectivity index (χ1v) is 10.1. The number of phenols is 1. The second kappa shape index (κ2) is 7.84. The summed E-state index contributed by atoms with van der Waals surface area (Å²) in [5.74, 6) is -1.74. The standard InChI is InChI=1S/C19H16FN3O5S/c1-2-29(27,28)14-7-9-17(24)16(11-14)21-19(26)15-8-10-18(25)23(22-15)13-5-3-12(20)4-6-13/h3-11,24H,2H2,1H3,(H,21,26). The molecule has 2 aromatic carbocycles. The third-order valence-corrected chi connectivity index (χ3v) is 5.79. The van der Waals surface area contributed by atoms with Crippen molar-refractivity contribution in [2.45, 2.75) is 11.8 Å². The van der Waals surface area contributed by atoms with Gasteiger partial charge >= 0.3 is 0 Å². The number of aromatic nitrogens is 2. The summed E-state index contributed by atoms with van der Waals surface area (Å²) in [6, 6.07) is 10.8. The molecule has 0 aliphatic heterocycles. The summed E-state index contributed by atoms with van der Waals surface area (Å²) in [5, 5.41) is 16.3. The highest BCUT2D eigenvalue weighted by Crippen LogP contribution is 2.27. The van der Waals surface area contributed by atoms with Gasteiger partial charge in [0.2, 0.25) is 0 Å². The van der Waals surface area contributed by atoms with Crippen molar-refractivity contribution in [1.29, 1.82) is 0 Å². The molecular formula is C19H16FN3O5S. The van der Waals surface area contributed by atoms with Crippen LogP contribution in [0, 0.1) is 5.82 Å². The minimum atomic E-state index is -3.54. The molecule has 1 aromatic heterocycles. The first-order valence-electron chi connectivity index (χ1n) is 8.44. The summed E-state index contributed by atoms with van der Waals surface area (Å²) in [6.07, 6.45) is 0. The molecule has 0 saturated heterocycles. The maximum absolute atomic E-state index is 13.1. The van der Waals surface area contributed by atoms with Gasteiger partial charge < -0.3 is 10.4 Å². The van der Waals surface area contributed by atoms with Crippen LogP contribution in [0.3, 0.4) is 0 Å². The average Bonchev–Trinajstić information content (AvgIpc) is 2.70. The number of hydrogen-bond acceptors (Lipinski definition) is 6. The van der Waals surface area contributed by atoms with Gasteiger partial charge in [0.15, 0.2) is 9.84 Å². The maximum atomic E-state index is 13.1. The smallest absolute Gasteiger partial charge is 0.276 e. The van der Waals surface area contributed by atoms with Crippen molar-refractivity contribution in [2.24, 2.45) is 0 Å². The first kappa shape index (κ1) is 20.2. The molecule has 1 heterocycles. The number of rotatable bonds is 5. The number of halogens is 1. The van der Waals surface area contributed by atoms with Gasteiger partial charge in [0, 0.05) is 6.07 Å². The van der Waals surface area contributed by atoms with Gasteiger partial charge in [-0.25, -0.2) is 12.8 Å². The molecule has 0 saturated carbocycles. The zero-order valence-corrected chi connectivity index (χ0v) is 16.0. The van der Waals surface area contributed by atoms with Crippen LogP contribution in [0.25, 0.3) is 5.69 Å². The Balaban J connectivity index is 1.94. The van der Waals surface area contributed by atoms with Crippen LogP contribution < -0.4 is 10.9 Å². The molecule has 0 atom stereocenters. The Morgan fingerprint density at radius 2 is 1.83 bits per heavy atom. The second-order valence-electron chi connectivity index (χ2n) is 5.98. The third kappa shape index (κ3) is 4.32. The fourth-order valence-electron chi connectivity index (χ4n) is 2.46. The molecule has 10 heteroatoms. The Morgan fingerprint density at radius 3 is 2.48 bits per heavy atom. The molecule has 0 spiro atoms. The quantitative estimate of drug-likeness (QED) is 0.614. The van der Waals surface area contributed by atoms with Gasteiger partial charge in [0.1, 0.15) is 17.3 Å². The summed E-state index contributed by atoms with van der Waals surface area (Å²) in [5.41, 5.74) is -0.570. The number of aromatic hydroxyl groups is 1. The van der Waals surface area contributed by atoms with Gasteiger partial charge in [-0.05, 0) is 48.5 Å². The highest BCUT2D eigenvalue weighted by Gasteiger charge is 2.17. The van der Waals surface area contributed by atoms with Gasteiger partial charge in [0.25, 0.3) is 11.5 Å². The Kier molecular flexibility index (Phi) is 5.46. The van der Waals surface area contributed by atoms with Crippen LogP contribution in [0.1, 0.15) is 17.4 Å². The highest BCUT2D eigenvalue weighted by atomic mass is 32.2. The summed E-state index contributed by atoms with van der Waals surface area (Å²) in [4.78, 5) is 24.5. The molecule has 29 heavy (non-hydrogen) atoms. The van der Waals surface area contributed by atoms with Crippen LogP contribution in [0.15, 0.2) is 64.3 Å². The van der Waals surface area contributed by atoms with E-state index in [1.54, 1.807) is 0 Å². The largest absolute Gasteiger partial charge is 0.506 e. The molecule has 0 bridgehead atoms. The Hall–Kier alpha value is -3.53. The lowest BCUT2D eigenvalue weighted by Crippen LogP contribution is -2.25. The van der Waals surface area contributed by atoms with Crippen molar-refractivity contribution >= 4 is 21.4 Å². The molecule has 0 fully saturated rings. The van der Waals surface area contributed by atoms with Crippen LogP contribution in [-0.4, -0.2) is 35.0 Å². The number of sulfone groups is 1. The number of hydrogen-bond donors (Lipinski definition) is 2. The Morgan fingerprint density at radius 1 is 1.14 bits per heavy atom.